The first-order chi connectivity index (χ1) is 8.69. The van der Waals surface area contributed by atoms with E-state index in [0.717, 1.165) is 25.9 Å². The highest BCUT2D eigenvalue weighted by Crippen LogP contribution is 2.18. The highest BCUT2D eigenvalue weighted by molar-refractivity contribution is 5.78. The summed E-state index contributed by atoms with van der Waals surface area (Å²) in [6, 6.07) is 0.415. The zero-order valence-corrected chi connectivity index (χ0v) is 10.9. The molecule has 0 bridgehead atoms. The number of hydrogen-bond donors (Lipinski definition) is 1. The zero-order chi connectivity index (χ0) is 13.0. The zero-order valence-electron chi connectivity index (χ0n) is 10.9. The maximum atomic E-state index is 11.6. The van der Waals surface area contributed by atoms with Crippen molar-refractivity contribution in [1.82, 2.24) is 15.1 Å². The van der Waals surface area contributed by atoms with Crippen LogP contribution in [0.5, 0.6) is 0 Å². The molecule has 1 saturated heterocycles. The van der Waals surface area contributed by atoms with Gasteiger partial charge < -0.3 is 15.0 Å². The van der Waals surface area contributed by atoms with Crippen molar-refractivity contribution < 1.29 is 14.3 Å². The molecule has 0 unspecified atom stereocenters. The normalized spacial score (nSPS) is 20.6. The Balaban J connectivity index is 1.66. The number of carbonyl (C=O) groups excluding carboxylic acids is 2. The topological polar surface area (TPSA) is 61.9 Å². The standard InChI is InChI=1S/C12H21N3O3/c1-2-18-12(17)15-7-5-14(6-8-15)9-11(16)13-10-3-4-10/h10H,2-9H2,1H3,(H,13,16). The molecular formula is C12H21N3O3. The molecule has 0 atom stereocenters. The number of nitrogens with one attached hydrogen (secondary N) is 1. The van der Waals surface area contributed by atoms with Gasteiger partial charge in [0, 0.05) is 32.2 Å². The maximum absolute atomic E-state index is 11.6. The van der Waals surface area contributed by atoms with E-state index in [9.17, 15) is 9.59 Å². The smallest absolute Gasteiger partial charge is 0.409 e. The molecule has 0 aromatic rings. The van der Waals surface area contributed by atoms with E-state index in [4.69, 9.17) is 4.74 Å². The summed E-state index contributed by atoms with van der Waals surface area (Å²) in [5.74, 6) is 0.0992. The molecule has 1 heterocycles. The number of hydrogen-bond acceptors (Lipinski definition) is 4. The third-order valence-corrected chi connectivity index (χ3v) is 3.21. The molecule has 2 fully saturated rings. The Morgan fingerprint density at radius 1 is 1.22 bits per heavy atom. The second-order valence-corrected chi connectivity index (χ2v) is 4.80. The summed E-state index contributed by atoms with van der Waals surface area (Å²) in [5.41, 5.74) is 0. The Morgan fingerprint density at radius 3 is 2.44 bits per heavy atom. The lowest BCUT2D eigenvalue weighted by Gasteiger charge is -2.33. The van der Waals surface area contributed by atoms with E-state index in [1.165, 1.54) is 0 Å². The number of carbonyl (C=O) groups is 2. The summed E-state index contributed by atoms with van der Waals surface area (Å²) in [5, 5.41) is 2.97. The van der Waals surface area contributed by atoms with Crippen molar-refractivity contribution >= 4 is 12.0 Å². The molecule has 6 heteroatoms. The molecule has 102 valence electrons. The first-order valence-electron chi connectivity index (χ1n) is 6.62. The van der Waals surface area contributed by atoms with Gasteiger partial charge in [0.2, 0.25) is 5.91 Å². The van der Waals surface area contributed by atoms with Crippen molar-refractivity contribution in [1.29, 1.82) is 0 Å². The maximum Gasteiger partial charge on any atom is 0.409 e. The van der Waals surface area contributed by atoms with Crippen LogP contribution in [0.15, 0.2) is 0 Å². The molecule has 1 N–H and O–H groups in total. The van der Waals surface area contributed by atoms with Gasteiger partial charge in [0.25, 0.3) is 0 Å². The monoisotopic (exact) mass is 255 g/mol. The third-order valence-electron chi connectivity index (χ3n) is 3.21. The summed E-state index contributed by atoms with van der Waals surface area (Å²) in [7, 11) is 0. The lowest BCUT2D eigenvalue weighted by atomic mass is 10.3. The van der Waals surface area contributed by atoms with Crippen LogP contribution in [0.3, 0.4) is 0 Å². The number of ether oxygens (including phenoxy) is 1. The molecule has 0 radical (unpaired) electrons. The van der Waals surface area contributed by atoms with Crippen LogP contribution in [-0.4, -0.2) is 67.2 Å². The van der Waals surface area contributed by atoms with Crippen molar-refractivity contribution in [2.45, 2.75) is 25.8 Å². The Morgan fingerprint density at radius 2 is 1.89 bits per heavy atom. The predicted octanol–water partition coefficient (Wildman–Crippen LogP) is 0.0391. The summed E-state index contributed by atoms with van der Waals surface area (Å²) in [6.45, 7) is 5.38. The predicted molar refractivity (Wildman–Crippen MR) is 66.2 cm³/mol. The minimum atomic E-state index is -0.250. The van der Waals surface area contributed by atoms with Crippen LogP contribution in [0.4, 0.5) is 4.79 Å². The minimum Gasteiger partial charge on any atom is -0.450 e. The van der Waals surface area contributed by atoms with Gasteiger partial charge in [0.05, 0.1) is 13.2 Å². The molecule has 18 heavy (non-hydrogen) atoms. The Labute approximate surface area is 107 Å². The van der Waals surface area contributed by atoms with Crippen molar-refractivity contribution in [3.8, 4) is 0 Å². The number of piperazine rings is 1. The highest BCUT2D eigenvalue weighted by atomic mass is 16.6. The summed E-state index contributed by atoms with van der Waals surface area (Å²) >= 11 is 0. The molecular weight excluding hydrogens is 234 g/mol. The van der Waals surface area contributed by atoms with Gasteiger partial charge in [-0.05, 0) is 19.8 Å². The SMILES string of the molecule is CCOC(=O)N1CCN(CC(=O)NC2CC2)CC1. The number of rotatable bonds is 4. The molecule has 6 nitrogen and oxygen atoms in total. The number of nitrogens with zero attached hydrogens (tertiary/aromatic N) is 2. The van der Waals surface area contributed by atoms with Crippen LogP contribution >= 0.6 is 0 Å². The van der Waals surface area contributed by atoms with Gasteiger partial charge in [0.1, 0.15) is 0 Å². The van der Waals surface area contributed by atoms with Crippen molar-refractivity contribution in [2.24, 2.45) is 0 Å². The first kappa shape index (κ1) is 13.1. The van der Waals surface area contributed by atoms with Gasteiger partial charge in [-0.15, -0.1) is 0 Å². The molecule has 2 amide bonds. The molecule has 1 aliphatic carbocycles. The van der Waals surface area contributed by atoms with E-state index in [1.807, 2.05) is 0 Å². The van der Waals surface area contributed by atoms with E-state index >= 15 is 0 Å². The molecule has 0 aromatic carbocycles. The van der Waals surface area contributed by atoms with Crippen molar-refractivity contribution in [3.63, 3.8) is 0 Å². The highest BCUT2D eigenvalue weighted by Gasteiger charge is 2.26. The lowest BCUT2D eigenvalue weighted by Crippen LogP contribution is -2.51. The summed E-state index contributed by atoms with van der Waals surface area (Å²) in [4.78, 5) is 26.9. The van der Waals surface area contributed by atoms with Gasteiger partial charge in [-0.3, -0.25) is 9.69 Å². The average Bonchev–Trinajstić information content (AvgIpc) is 3.14. The van der Waals surface area contributed by atoms with Gasteiger partial charge in [-0.2, -0.15) is 0 Å². The van der Waals surface area contributed by atoms with E-state index in [0.29, 0.717) is 32.3 Å². The fourth-order valence-electron chi connectivity index (χ4n) is 2.01. The minimum absolute atomic E-state index is 0.0992. The molecule has 1 aliphatic heterocycles. The van der Waals surface area contributed by atoms with Gasteiger partial charge in [0.15, 0.2) is 0 Å². The quantitative estimate of drug-likeness (QED) is 0.770. The van der Waals surface area contributed by atoms with E-state index in [-0.39, 0.29) is 12.0 Å². The van der Waals surface area contributed by atoms with Gasteiger partial charge >= 0.3 is 6.09 Å². The summed E-state index contributed by atoms with van der Waals surface area (Å²) in [6.07, 6.45) is 1.98. The van der Waals surface area contributed by atoms with E-state index in [2.05, 4.69) is 10.2 Å². The molecule has 1 saturated carbocycles. The molecule has 0 aromatic heterocycles. The average molecular weight is 255 g/mol. The fraction of sp³-hybridized carbons (Fsp3) is 0.833. The van der Waals surface area contributed by atoms with E-state index < -0.39 is 0 Å². The van der Waals surface area contributed by atoms with Crippen LogP contribution in [0.25, 0.3) is 0 Å². The van der Waals surface area contributed by atoms with Gasteiger partial charge in [-0.1, -0.05) is 0 Å². The van der Waals surface area contributed by atoms with Crippen LogP contribution in [0.1, 0.15) is 19.8 Å². The Kier molecular flexibility index (Phi) is 4.41. The lowest BCUT2D eigenvalue weighted by molar-refractivity contribution is -0.122. The first-order valence-corrected chi connectivity index (χ1v) is 6.62. The largest absolute Gasteiger partial charge is 0.450 e. The Bertz CT molecular complexity index is 310. The molecule has 0 spiro atoms. The van der Waals surface area contributed by atoms with Crippen molar-refractivity contribution in [2.75, 3.05) is 39.3 Å². The Hall–Kier alpha value is -1.30. The summed E-state index contributed by atoms with van der Waals surface area (Å²) < 4.78 is 4.95. The fourth-order valence-corrected chi connectivity index (χ4v) is 2.01. The second kappa shape index (κ2) is 6.04. The van der Waals surface area contributed by atoms with E-state index in [1.54, 1.807) is 11.8 Å². The van der Waals surface area contributed by atoms with Crippen molar-refractivity contribution in [3.05, 3.63) is 0 Å². The van der Waals surface area contributed by atoms with Crippen LogP contribution in [-0.2, 0) is 9.53 Å². The van der Waals surface area contributed by atoms with Crippen LogP contribution < -0.4 is 5.32 Å². The third kappa shape index (κ3) is 3.87. The second-order valence-electron chi connectivity index (χ2n) is 4.80. The van der Waals surface area contributed by atoms with Crippen LogP contribution in [0.2, 0.25) is 0 Å². The van der Waals surface area contributed by atoms with Crippen LogP contribution in [0, 0.1) is 0 Å². The van der Waals surface area contributed by atoms with Gasteiger partial charge in [-0.25, -0.2) is 4.79 Å². The molecule has 2 rings (SSSR count). The number of amides is 2. The molecule has 2 aliphatic rings.